The molecule has 0 fully saturated rings. The Morgan fingerprint density at radius 2 is 0.978 bits per heavy atom. The normalized spacial score (nSPS) is 13.2. The van der Waals surface area contributed by atoms with E-state index in [9.17, 15) is 0 Å². The molecule has 4 heterocycles. The van der Waals surface area contributed by atoms with Crippen LogP contribution in [0.25, 0.3) is 30.3 Å². The Labute approximate surface area is 542 Å². The highest BCUT2D eigenvalue weighted by atomic mass is 32.1. The van der Waals surface area contributed by atoms with Gasteiger partial charge in [0.1, 0.15) is 25.5 Å². The second kappa shape index (κ2) is 21.8. The number of ether oxygens (including phenoxy) is 1. The molecule has 10 heteroatoms. The molecule has 0 spiro atoms. The summed E-state index contributed by atoms with van der Waals surface area (Å²) in [5.41, 5.74) is 15.1. The van der Waals surface area contributed by atoms with Crippen molar-refractivity contribution in [1.82, 2.24) is 0 Å². The van der Waals surface area contributed by atoms with Crippen LogP contribution in [0.3, 0.4) is 0 Å². The van der Waals surface area contributed by atoms with Crippen LogP contribution in [0.4, 0.5) is 60.0 Å². The SMILES string of the molecule is CC(C)(C)c1ccc(N(c2ccc3c(c2)N(c2ccc4c(c2)sc2ccccc24)c2cc([Si](C)(c4ccc(F)cc4)c4ccc(F)cc4)cc4c2B3c2sc3ccc(C(C)(C)C)cc3c2N4c2ccc(C(C)(C)C)cc2)c2ccccc2Oc2ccccc2)cc1. The minimum atomic E-state index is -3.22. The molecule has 0 bridgehead atoms. The van der Waals surface area contributed by atoms with Crippen LogP contribution in [0, 0.1) is 11.6 Å². The van der Waals surface area contributed by atoms with Crippen molar-refractivity contribution in [3.8, 4) is 11.5 Å². The van der Waals surface area contributed by atoms with Crippen LogP contribution in [-0.4, -0.2) is 14.8 Å². The van der Waals surface area contributed by atoms with Crippen LogP contribution < -0.4 is 50.7 Å². The zero-order valence-electron chi connectivity index (χ0n) is 53.0. The zero-order valence-corrected chi connectivity index (χ0v) is 55.6. The summed E-state index contributed by atoms with van der Waals surface area (Å²) in [6.07, 6.45) is 0. The van der Waals surface area contributed by atoms with Crippen molar-refractivity contribution in [1.29, 1.82) is 0 Å². The van der Waals surface area contributed by atoms with Gasteiger partial charge in [-0.05, 0) is 187 Å². The molecule has 0 atom stereocenters. The summed E-state index contributed by atoms with van der Waals surface area (Å²) < 4.78 is 42.6. The summed E-state index contributed by atoms with van der Waals surface area (Å²) in [7, 11) is -3.22. The lowest BCUT2D eigenvalue weighted by Gasteiger charge is -2.45. The van der Waals surface area contributed by atoms with Gasteiger partial charge in [-0.3, -0.25) is 0 Å². The first kappa shape index (κ1) is 58.3. The van der Waals surface area contributed by atoms with E-state index in [1.807, 2.05) is 83.3 Å². The fourth-order valence-electron chi connectivity index (χ4n) is 13.8. The lowest BCUT2D eigenvalue weighted by Crippen LogP contribution is -2.66. The summed E-state index contributed by atoms with van der Waals surface area (Å²) in [4.78, 5) is 7.46. The smallest absolute Gasteiger partial charge is 0.264 e. The molecule has 2 aliphatic heterocycles. The maximum absolute atomic E-state index is 15.4. The van der Waals surface area contributed by atoms with E-state index in [0.29, 0.717) is 0 Å². The summed E-state index contributed by atoms with van der Waals surface area (Å²) >= 11 is 3.72. The molecule has 4 nitrogen and oxygen atoms in total. The van der Waals surface area contributed by atoms with Gasteiger partial charge < -0.3 is 19.4 Å². The Morgan fingerprint density at radius 1 is 0.429 bits per heavy atom. The Balaban J connectivity index is 1.08. The molecule has 2 aromatic heterocycles. The zero-order chi connectivity index (χ0) is 62.9. The van der Waals surface area contributed by atoms with Crippen molar-refractivity contribution in [2.75, 3.05) is 14.7 Å². The number of fused-ring (bicyclic) bond motifs is 9. The highest BCUT2D eigenvalue weighted by molar-refractivity contribution is 7.33. The van der Waals surface area contributed by atoms with Gasteiger partial charge in [-0.15, -0.1) is 22.7 Å². The van der Waals surface area contributed by atoms with Crippen LogP contribution in [-0.2, 0) is 16.2 Å². The second-order valence-electron chi connectivity index (χ2n) is 27.8. The van der Waals surface area contributed by atoms with Gasteiger partial charge in [-0.1, -0.05) is 184 Å². The van der Waals surface area contributed by atoms with Crippen molar-refractivity contribution in [2.45, 2.75) is 85.1 Å². The fourth-order valence-corrected chi connectivity index (χ4v) is 19.8. The Bertz CT molecular complexity index is 4920. The summed E-state index contributed by atoms with van der Waals surface area (Å²) in [5, 5.41) is 6.79. The minimum absolute atomic E-state index is 0.0673. The minimum Gasteiger partial charge on any atom is -0.455 e. The van der Waals surface area contributed by atoms with E-state index in [4.69, 9.17) is 4.74 Å². The third-order valence-corrected chi connectivity index (χ3v) is 25.6. The van der Waals surface area contributed by atoms with Crippen LogP contribution in [0.2, 0.25) is 6.55 Å². The highest BCUT2D eigenvalue weighted by Crippen LogP contribution is 2.51. The van der Waals surface area contributed by atoms with Gasteiger partial charge in [0.25, 0.3) is 6.71 Å². The maximum atomic E-state index is 15.4. The molecule has 0 unspecified atom stereocenters. The molecule has 2 aliphatic rings. The highest BCUT2D eigenvalue weighted by Gasteiger charge is 2.48. The number of halogens is 2. The van der Waals surface area contributed by atoms with E-state index in [1.54, 1.807) is 24.3 Å². The number of benzene rings is 11. The molecular formula is C81H70BF2N3OS2Si. The van der Waals surface area contributed by atoms with Gasteiger partial charge in [0, 0.05) is 74.8 Å². The first-order valence-corrected chi connectivity index (χ1v) is 35.6. The number of rotatable bonds is 10. The molecule has 13 aromatic rings. The summed E-state index contributed by atoms with van der Waals surface area (Å²) in [6.45, 7) is 22.6. The average molecular weight is 1240 g/mol. The molecular weight excluding hydrogens is 1170 g/mol. The molecule has 11 aromatic carbocycles. The second-order valence-corrected chi connectivity index (χ2v) is 33.9. The Morgan fingerprint density at radius 3 is 1.64 bits per heavy atom. The molecule has 448 valence electrons. The van der Waals surface area contributed by atoms with E-state index >= 15 is 8.78 Å². The standard InChI is InChI=1S/C81H70BF2N3OS2Si/c1-79(2,3)51-24-33-56(34-25-51)85(68-21-15-16-22-72(68)88-60-18-12-11-13-19-60)58-38-44-67-69(47-58)86(59-37-43-65-64-20-14-17-23-73(64)89-75(65)48-59)70-49-63(91(10,61-39-29-54(83)30-40-61)62-41-31-55(84)32-42-62)50-71-76(70)82(67)78-77(66-46-53(81(7,8)9)28-45-74(66)90-78)87(71)57-35-26-52(27-36-57)80(4,5)6/h11-50H,1-10H3. The molecule has 0 saturated heterocycles. The molecule has 0 N–H and O–H groups in total. The van der Waals surface area contributed by atoms with E-state index in [0.717, 1.165) is 72.6 Å². The number of para-hydroxylation sites is 3. The van der Waals surface area contributed by atoms with Crippen molar-refractivity contribution in [3.63, 3.8) is 0 Å². The lowest BCUT2D eigenvalue weighted by atomic mass is 9.36. The molecule has 0 radical (unpaired) electrons. The predicted molar refractivity (Wildman–Crippen MR) is 389 cm³/mol. The van der Waals surface area contributed by atoms with Gasteiger partial charge >= 0.3 is 0 Å². The monoisotopic (exact) mass is 1240 g/mol. The first-order valence-electron chi connectivity index (χ1n) is 31.5. The molecule has 0 saturated carbocycles. The third kappa shape index (κ3) is 10.1. The fraction of sp³-hybridized carbons (Fsp3) is 0.160. The number of nitrogens with zero attached hydrogens (tertiary/aromatic N) is 3. The number of hydrogen-bond acceptors (Lipinski definition) is 6. The van der Waals surface area contributed by atoms with E-state index in [1.165, 1.54) is 68.3 Å². The maximum Gasteiger partial charge on any atom is 0.264 e. The summed E-state index contributed by atoms with van der Waals surface area (Å²) in [5.74, 6) is 0.859. The number of hydrogen-bond donors (Lipinski definition) is 0. The van der Waals surface area contributed by atoms with E-state index in [-0.39, 0.29) is 34.6 Å². The molecule has 0 aliphatic carbocycles. The van der Waals surface area contributed by atoms with Gasteiger partial charge in [-0.2, -0.15) is 0 Å². The quantitative estimate of drug-likeness (QED) is 0.100. The van der Waals surface area contributed by atoms with Crippen molar-refractivity contribution >= 4 is 150 Å². The predicted octanol–water partition coefficient (Wildman–Crippen LogP) is 19.9. The van der Waals surface area contributed by atoms with E-state index in [2.05, 4.69) is 241 Å². The first-order chi connectivity index (χ1) is 43.7. The van der Waals surface area contributed by atoms with Crippen LogP contribution in [0.15, 0.2) is 243 Å². The van der Waals surface area contributed by atoms with Crippen molar-refractivity contribution in [3.05, 3.63) is 271 Å². The molecule has 15 rings (SSSR count). The average Bonchev–Trinajstić information content (AvgIpc) is 1.67. The topological polar surface area (TPSA) is 19.0 Å². The third-order valence-electron chi connectivity index (χ3n) is 18.9. The van der Waals surface area contributed by atoms with Crippen molar-refractivity contribution in [2.24, 2.45) is 0 Å². The van der Waals surface area contributed by atoms with Crippen LogP contribution in [0.5, 0.6) is 11.5 Å². The Hall–Kier alpha value is -9.06. The van der Waals surface area contributed by atoms with Crippen LogP contribution >= 0.6 is 22.7 Å². The summed E-state index contributed by atoms with van der Waals surface area (Å²) in [6, 6.07) is 85.7. The van der Waals surface area contributed by atoms with E-state index < -0.39 is 8.07 Å². The number of anilines is 9. The molecule has 0 amide bonds. The van der Waals surface area contributed by atoms with Gasteiger partial charge in [0.15, 0.2) is 5.75 Å². The Kier molecular flexibility index (Phi) is 14.0. The van der Waals surface area contributed by atoms with Gasteiger partial charge in [0.05, 0.1) is 11.4 Å². The van der Waals surface area contributed by atoms with Crippen molar-refractivity contribution < 1.29 is 13.5 Å². The lowest BCUT2D eigenvalue weighted by molar-refractivity contribution is 0.484. The molecule has 91 heavy (non-hydrogen) atoms. The van der Waals surface area contributed by atoms with Gasteiger partial charge in [-0.25, -0.2) is 8.78 Å². The van der Waals surface area contributed by atoms with Crippen LogP contribution in [0.1, 0.15) is 79.0 Å². The van der Waals surface area contributed by atoms with Gasteiger partial charge in [0.2, 0.25) is 0 Å². The number of thiophene rings is 2. The largest absolute Gasteiger partial charge is 0.455 e.